The predicted molar refractivity (Wildman–Crippen MR) is 116 cm³/mol. The molecule has 1 N–H and O–H groups in total. The van der Waals surface area contributed by atoms with Gasteiger partial charge in [-0.05, 0) is 40.4 Å². The van der Waals surface area contributed by atoms with E-state index in [1.54, 1.807) is 6.92 Å². The van der Waals surface area contributed by atoms with Crippen LogP contribution in [0.1, 0.15) is 38.6 Å². The molecule has 0 aliphatic rings. The van der Waals surface area contributed by atoms with Gasteiger partial charge in [0.1, 0.15) is 17.2 Å². The number of fused-ring (bicyclic) bond motifs is 1. The van der Waals surface area contributed by atoms with Crippen LogP contribution < -0.4 is 10.9 Å². The SMILES string of the molecule is CC(=O)c1sc(NC(=O)Cn2c(CN(C)C)nc3sc(C)c(C)c3c2=O)nc1C. The van der Waals surface area contributed by atoms with Crippen molar-refractivity contribution in [2.24, 2.45) is 0 Å². The zero-order valence-electron chi connectivity index (χ0n) is 17.2. The van der Waals surface area contributed by atoms with Crippen LogP contribution in [0.25, 0.3) is 10.2 Å². The van der Waals surface area contributed by atoms with E-state index in [2.05, 4.69) is 15.3 Å². The lowest BCUT2D eigenvalue weighted by atomic mass is 10.2. The van der Waals surface area contributed by atoms with Gasteiger partial charge in [0.25, 0.3) is 5.56 Å². The molecule has 3 aromatic rings. The summed E-state index contributed by atoms with van der Waals surface area (Å²) in [5.74, 6) is 0.0494. The number of hydrogen-bond acceptors (Lipinski definition) is 8. The first-order valence-corrected chi connectivity index (χ1v) is 10.6. The molecule has 3 heterocycles. The molecule has 0 aliphatic heterocycles. The molecule has 0 fully saturated rings. The molecule has 0 spiro atoms. The van der Waals surface area contributed by atoms with Gasteiger partial charge in [0, 0.05) is 11.8 Å². The standard InChI is InChI=1S/C19H23N5O3S2/c1-9-12(4)28-17-15(9)18(27)24(13(21-17)7-23(5)6)8-14(26)22-19-20-10(2)16(29-19)11(3)25/h7-8H2,1-6H3,(H,20,22,26). The summed E-state index contributed by atoms with van der Waals surface area (Å²) in [7, 11) is 3.76. The van der Waals surface area contributed by atoms with Gasteiger partial charge in [0.2, 0.25) is 5.91 Å². The summed E-state index contributed by atoms with van der Waals surface area (Å²) in [5, 5.41) is 3.61. The zero-order valence-corrected chi connectivity index (χ0v) is 18.9. The first kappa shape index (κ1) is 21.3. The minimum absolute atomic E-state index is 0.0945. The Balaban J connectivity index is 1.97. The van der Waals surface area contributed by atoms with Gasteiger partial charge in [0.05, 0.1) is 22.5 Å². The minimum atomic E-state index is -0.387. The molecule has 0 unspecified atom stereocenters. The van der Waals surface area contributed by atoms with Crippen LogP contribution in [-0.2, 0) is 17.9 Å². The Hall–Kier alpha value is -2.43. The van der Waals surface area contributed by atoms with E-state index in [4.69, 9.17) is 0 Å². The number of rotatable bonds is 6. The average Bonchev–Trinajstić information content (AvgIpc) is 3.10. The summed E-state index contributed by atoms with van der Waals surface area (Å²) in [6.07, 6.45) is 0. The molecule has 3 rings (SSSR count). The first-order valence-electron chi connectivity index (χ1n) is 9.00. The van der Waals surface area contributed by atoms with Crippen molar-refractivity contribution in [3.8, 4) is 0 Å². The number of aryl methyl sites for hydroxylation is 3. The summed E-state index contributed by atoms with van der Waals surface area (Å²) in [6.45, 7) is 7.30. The lowest BCUT2D eigenvalue weighted by Gasteiger charge is -2.15. The summed E-state index contributed by atoms with van der Waals surface area (Å²) in [6, 6.07) is 0. The van der Waals surface area contributed by atoms with Crippen LogP contribution in [0.15, 0.2) is 4.79 Å². The monoisotopic (exact) mass is 433 g/mol. The van der Waals surface area contributed by atoms with Gasteiger partial charge in [-0.1, -0.05) is 11.3 Å². The fraction of sp³-hybridized carbons (Fsp3) is 0.421. The summed E-state index contributed by atoms with van der Waals surface area (Å²) in [5.41, 5.74) is 1.26. The summed E-state index contributed by atoms with van der Waals surface area (Å²) >= 11 is 2.62. The Morgan fingerprint density at radius 1 is 1.14 bits per heavy atom. The van der Waals surface area contributed by atoms with Crippen LogP contribution >= 0.6 is 22.7 Å². The molecule has 3 aromatic heterocycles. The third-order valence-corrected chi connectivity index (χ3v) is 6.76. The Morgan fingerprint density at radius 3 is 2.41 bits per heavy atom. The van der Waals surface area contributed by atoms with E-state index in [-0.39, 0.29) is 23.8 Å². The highest BCUT2D eigenvalue weighted by atomic mass is 32.1. The van der Waals surface area contributed by atoms with Gasteiger partial charge in [0.15, 0.2) is 10.9 Å². The molecule has 0 atom stereocenters. The summed E-state index contributed by atoms with van der Waals surface area (Å²) in [4.78, 5) is 50.5. The fourth-order valence-corrected chi connectivity index (χ4v) is 4.93. The van der Waals surface area contributed by atoms with Gasteiger partial charge in [-0.15, -0.1) is 11.3 Å². The van der Waals surface area contributed by atoms with Crippen molar-refractivity contribution in [3.63, 3.8) is 0 Å². The number of nitrogens with zero attached hydrogens (tertiary/aromatic N) is 4. The van der Waals surface area contributed by atoms with Gasteiger partial charge in [-0.25, -0.2) is 9.97 Å². The highest BCUT2D eigenvalue weighted by Gasteiger charge is 2.20. The maximum atomic E-state index is 13.2. The lowest BCUT2D eigenvalue weighted by molar-refractivity contribution is -0.116. The molecule has 0 radical (unpaired) electrons. The van der Waals surface area contributed by atoms with Crippen molar-refractivity contribution < 1.29 is 9.59 Å². The number of carbonyl (C=O) groups excluding carboxylic acids is 2. The van der Waals surface area contributed by atoms with Crippen LogP contribution in [0.4, 0.5) is 5.13 Å². The number of Topliss-reactive ketones (excluding diaryl/α,β-unsaturated/α-hetero) is 1. The molecule has 8 nitrogen and oxygen atoms in total. The molecule has 29 heavy (non-hydrogen) atoms. The Kier molecular flexibility index (Phi) is 5.97. The van der Waals surface area contributed by atoms with Crippen molar-refractivity contribution >= 4 is 49.7 Å². The van der Waals surface area contributed by atoms with Crippen molar-refractivity contribution in [3.05, 3.63) is 37.2 Å². The first-order chi connectivity index (χ1) is 13.6. The van der Waals surface area contributed by atoms with E-state index >= 15 is 0 Å². The zero-order chi connectivity index (χ0) is 21.5. The molecule has 1 amide bonds. The van der Waals surface area contributed by atoms with Gasteiger partial charge >= 0.3 is 0 Å². The number of thiophene rings is 1. The van der Waals surface area contributed by atoms with Crippen molar-refractivity contribution in [2.45, 2.75) is 40.8 Å². The molecule has 0 aliphatic carbocycles. The van der Waals surface area contributed by atoms with E-state index in [9.17, 15) is 14.4 Å². The van der Waals surface area contributed by atoms with Gasteiger partial charge < -0.3 is 10.2 Å². The number of amides is 1. The smallest absolute Gasteiger partial charge is 0.263 e. The van der Waals surface area contributed by atoms with Gasteiger partial charge in [-0.3, -0.25) is 19.0 Å². The largest absolute Gasteiger partial charge is 0.302 e. The molecule has 10 heteroatoms. The highest BCUT2D eigenvalue weighted by molar-refractivity contribution is 7.18. The van der Waals surface area contributed by atoms with Crippen LogP contribution in [-0.4, -0.2) is 45.2 Å². The third kappa shape index (κ3) is 4.29. The number of anilines is 1. The second-order valence-corrected chi connectivity index (χ2v) is 9.36. The molecule has 0 bridgehead atoms. The van der Waals surface area contributed by atoms with Gasteiger partial charge in [-0.2, -0.15) is 0 Å². The number of ketones is 1. The molecular formula is C19H23N5O3S2. The fourth-order valence-electron chi connectivity index (χ4n) is 3.01. The molecule has 0 saturated carbocycles. The van der Waals surface area contributed by atoms with E-state index in [0.717, 1.165) is 21.8 Å². The molecule has 0 aromatic carbocycles. The quantitative estimate of drug-likeness (QED) is 0.601. The molecule has 154 valence electrons. The van der Waals surface area contributed by atoms with Crippen molar-refractivity contribution in [1.29, 1.82) is 0 Å². The third-order valence-electron chi connectivity index (χ3n) is 4.49. The molecular weight excluding hydrogens is 410 g/mol. The maximum Gasteiger partial charge on any atom is 0.263 e. The van der Waals surface area contributed by atoms with E-state index < -0.39 is 0 Å². The van der Waals surface area contributed by atoms with Crippen molar-refractivity contribution in [2.75, 3.05) is 19.4 Å². The van der Waals surface area contributed by atoms with Crippen molar-refractivity contribution in [1.82, 2.24) is 19.4 Å². The number of nitrogens with one attached hydrogen (secondary N) is 1. The summed E-state index contributed by atoms with van der Waals surface area (Å²) < 4.78 is 1.42. The number of thiazole rings is 1. The average molecular weight is 434 g/mol. The Labute approximate surface area is 176 Å². The van der Waals surface area contributed by atoms with Crippen LogP contribution in [0, 0.1) is 20.8 Å². The Bertz CT molecular complexity index is 1170. The highest BCUT2D eigenvalue weighted by Crippen LogP contribution is 2.27. The lowest BCUT2D eigenvalue weighted by Crippen LogP contribution is -2.32. The minimum Gasteiger partial charge on any atom is -0.302 e. The van der Waals surface area contributed by atoms with E-state index in [0.29, 0.717) is 38.3 Å². The maximum absolute atomic E-state index is 13.2. The topological polar surface area (TPSA) is 97.2 Å². The second kappa shape index (κ2) is 8.13. The predicted octanol–water partition coefficient (Wildman–Crippen LogP) is 2.74. The number of carbonyl (C=O) groups is 2. The number of hydrogen-bond donors (Lipinski definition) is 1. The van der Waals surface area contributed by atoms with Crippen LogP contribution in [0.2, 0.25) is 0 Å². The van der Waals surface area contributed by atoms with Crippen LogP contribution in [0.5, 0.6) is 0 Å². The second-order valence-electron chi connectivity index (χ2n) is 7.16. The van der Waals surface area contributed by atoms with E-state index in [1.165, 1.54) is 22.8 Å². The van der Waals surface area contributed by atoms with E-state index in [1.807, 2.05) is 32.8 Å². The normalized spacial score (nSPS) is 11.4. The van der Waals surface area contributed by atoms with Crippen LogP contribution in [0.3, 0.4) is 0 Å². The Morgan fingerprint density at radius 2 is 1.83 bits per heavy atom. The molecule has 0 saturated heterocycles. The number of aromatic nitrogens is 3.